The third-order valence-electron chi connectivity index (χ3n) is 5.44. The van der Waals surface area contributed by atoms with Gasteiger partial charge in [0.1, 0.15) is 13.2 Å². The number of piperazine rings is 1. The Hall–Kier alpha value is -2.23. The molecule has 0 spiro atoms. The van der Waals surface area contributed by atoms with Crippen LogP contribution in [0.5, 0.6) is 11.5 Å². The van der Waals surface area contributed by atoms with Gasteiger partial charge in [0.15, 0.2) is 11.5 Å². The Morgan fingerprint density at radius 2 is 1.68 bits per heavy atom. The van der Waals surface area contributed by atoms with Gasteiger partial charge in [0.2, 0.25) is 15.9 Å². The van der Waals surface area contributed by atoms with Crippen LogP contribution < -0.4 is 9.47 Å². The van der Waals surface area contributed by atoms with Crippen molar-refractivity contribution >= 4 is 27.7 Å². The van der Waals surface area contributed by atoms with Crippen LogP contribution in [0.15, 0.2) is 46.2 Å². The van der Waals surface area contributed by atoms with Crippen LogP contribution in [0.4, 0.5) is 0 Å². The topological polar surface area (TPSA) is 76.2 Å². The molecule has 2 aromatic rings. The number of rotatable bonds is 5. The second kappa shape index (κ2) is 9.10. The average molecular weight is 463 g/mol. The van der Waals surface area contributed by atoms with Gasteiger partial charge in [-0.15, -0.1) is 11.8 Å². The maximum atomic E-state index is 13.1. The molecule has 0 radical (unpaired) electrons. The molecule has 0 aromatic heterocycles. The van der Waals surface area contributed by atoms with E-state index in [4.69, 9.17) is 9.47 Å². The Kier molecular flexibility index (Phi) is 6.45. The molecular formula is C22H26N2O5S2. The quantitative estimate of drug-likeness (QED) is 0.636. The second-order valence-electron chi connectivity index (χ2n) is 7.65. The fourth-order valence-electron chi connectivity index (χ4n) is 3.60. The van der Waals surface area contributed by atoms with Gasteiger partial charge >= 0.3 is 0 Å². The summed E-state index contributed by atoms with van der Waals surface area (Å²) in [5.41, 5.74) is 2.32. The second-order valence-corrected chi connectivity index (χ2v) is 10.6. The lowest BCUT2D eigenvalue weighted by Crippen LogP contribution is -2.50. The van der Waals surface area contributed by atoms with Gasteiger partial charge in [-0.1, -0.05) is 17.7 Å². The molecule has 2 aliphatic rings. The molecule has 0 unspecified atom stereocenters. The highest BCUT2D eigenvalue weighted by Gasteiger charge is 2.31. The van der Waals surface area contributed by atoms with Crippen LogP contribution in [0.1, 0.15) is 11.1 Å². The van der Waals surface area contributed by atoms with Crippen molar-refractivity contribution in [2.75, 3.05) is 45.1 Å². The van der Waals surface area contributed by atoms with Gasteiger partial charge in [-0.25, -0.2) is 8.42 Å². The molecule has 9 heteroatoms. The summed E-state index contributed by atoms with van der Waals surface area (Å²) in [6.45, 7) is 6.24. The summed E-state index contributed by atoms with van der Waals surface area (Å²) in [4.78, 5) is 15.7. The SMILES string of the molecule is Cc1ccc(C)c(SCC(=O)N2CCN(S(=O)(=O)c3ccc4c(c3)OCCO4)CC2)c1. The normalized spacial score (nSPS) is 16.9. The molecule has 0 aliphatic carbocycles. The lowest BCUT2D eigenvalue weighted by atomic mass is 10.2. The van der Waals surface area contributed by atoms with Crippen molar-refractivity contribution in [1.29, 1.82) is 0 Å². The van der Waals surface area contributed by atoms with Crippen molar-refractivity contribution in [2.24, 2.45) is 0 Å². The van der Waals surface area contributed by atoms with E-state index in [-0.39, 0.29) is 23.9 Å². The Morgan fingerprint density at radius 3 is 2.42 bits per heavy atom. The standard InChI is InChI=1S/C22H26N2O5S2/c1-16-3-4-17(2)21(13-16)30-15-22(25)23-7-9-24(10-8-23)31(26,27)18-5-6-19-20(14-18)29-12-11-28-19/h3-6,13-14H,7-12,15H2,1-2H3. The Labute approximate surface area is 187 Å². The highest BCUT2D eigenvalue weighted by atomic mass is 32.2. The van der Waals surface area contributed by atoms with E-state index >= 15 is 0 Å². The molecular weight excluding hydrogens is 436 g/mol. The van der Waals surface area contributed by atoms with E-state index in [0.29, 0.717) is 43.6 Å². The number of fused-ring (bicyclic) bond motifs is 1. The molecule has 0 bridgehead atoms. The summed E-state index contributed by atoms with van der Waals surface area (Å²) >= 11 is 1.53. The smallest absolute Gasteiger partial charge is 0.243 e. The third-order valence-corrected chi connectivity index (χ3v) is 8.47. The minimum absolute atomic E-state index is 0.0299. The maximum Gasteiger partial charge on any atom is 0.243 e. The van der Waals surface area contributed by atoms with E-state index in [2.05, 4.69) is 18.2 Å². The number of carbonyl (C=O) groups is 1. The van der Waals surface area contributed by atoms with Crippen LogP contribution in [0.25, 0.3) is 0 Å². The molecule has 2 heterocycles. The van der Waals surface area contributed by atoms with Crippen LogP contribution in [-0.2, 0) is 14.8 Å². The zero-order chi connectivity index (χ0) is 22.0. The molecule has 4 rings (SSSR count). The first kappa shape index (κ1) is 22.0. The monoisotopic (exact) mass is 462 g/mol. The number of thioether (sulfide) groups is 1. The van der Waals surface area contributed by atoms with E-state index in [1.807, 2.05) is 13.8 Å². The molecule has 166 valence electrons. The molecule has 2 aliphatic heterocycles. The minimum Gasteiger partial charge on any atom is -0.486 e. The Balaban J connectivity index is 1.35. The summed E-state index contributed by atoms with van der Waals surface area (Å²) < 4.78 is 38.5. The Morgan fingerprint density at radius 1 is 0.968 bits per heavy atom. The van der Waals surface area contributed by atoms with Gasteiger partial charge in [-0.3, -0.25) is 4.79 Å². The lowest BCUT2D eigenvalue weighted by Gasteiger charge is -2.34. The van der Waals surface area contributed by atoms with Crippen LogP contribution in [0, 0.1) is 13.8 Å². The summed E-state index contributed by atoms with van der Waals surface area (Å²) in [5.74, 6) is 1.38. The minimum atomic E-state index is -3.66. The number of hydrogen-bond acceptors (Lipinski definition) is 6. The average Bonchev–Trinajstić information content (AvgIpc) is 2.79. The number of nitrogens with zero attached hydrogens (tertiary/aromatic N) is 2. The zero-order valence-electron chi connectivity index (χ0n) is 17.7. The van der Waals surface area contributed by atoms with E-state index in [9.17, 15) is 13.2 Å². The molecule has 1 amide bonds. The largest absolute Gasteiger partial charge is 0.486 e. The van der Waals surface area contributed by atoms with E-state index in [1.165, 1.54) is 27.7 Å². The highest BCUT2D eigenvalue weighted by Crippen LogP contribution is 2.33. The van der Waals surface area contributed by atoms with Crippen molar-refractivity contribution in [3.05, 3.63) is 47.5 Å². The molecule has 1 fully saturated rings. The van der Waals surface area contributed by atoms with Gasteiger partial charge < -0.3 is 14.4 Å². The van der Waals surface area contributed by atoms with E-state index in [0.717, 1.165) is 10.5 Å². The highest BCUT2D eigenvalue weighted by molar-refractivity contribution is 8.00. The molecule has 0 saturated carbocycles. The van der Waals surface area contributed by atoms with Gasteiger partial charge in [0, 0.05) is 37.1 Å². The maximum absolute atomic E-state index is 13.1. The predicted octanol–water partition coefficient (Wildman–Crippen LogP) is 2.70. The van der Waals surface area contributed by atoms with Crippen molar-refractivity contribution in [3.8, 4) is 11.5 Å². The number of carbonyl (C=O) groups excluding carboxylic acids is 1. The first-order valence-electron chi connectivity index (χ1n) is 10.2. The van der Waals surface area contributed by atoms with Crippen LogP contribution in [0.2, 0.25) is 0 Å². The summed E-state index contributed by atoms with van der Waals surface area (Å²) in [7, 11) is -3.66. The number of amides is 1. The molecule has 1 saturated heterocycles. The van der Waals surface area contributed by atoms with Crippen LogP contribution >= 0.6 is 11.8 Å². The van der Waals surface area contributed by atoms with E-state index in [1.54, 1.807) is 17.0 Å². The van der Waals surface area contributed by atoms with Crippen LogP contribution in [0.3, 0.4) is 0 Å². The summed E-state index contributed by atoms with van der Waals surface area (Å²) in [6.07, 6.45) is 0. The predicted molar refractivity (Wildman–Crippen MR) is 119 cm³/mol. The molecule has 31 heavy (non-hydrogen) atoms. The first-order valence-corrected chi connectivity index (χ1v) is 12.6. The van der Waals surface area contributed by atoms with Gasteiger partial charge in [0.25, 0.3) is 0 Å². The molecule has 0 atom stereocenters. The zero-order valence-corrected chi connectivity index (χ0v) is 19.3. The number of aryl methyl sites for hydroxylation is 2. The first-order chi connectivity index (χ1) is 14.8. The Bertz CT molecular complexity index is 1080. The molecule has 2 aromatic carbocycles. The summed E-state index contributed by atoms with van der Waals surface area (Å²) in [6, 6.07) is 10.9. The number of ether oxygens (including phenoxy) is 2. The number of hydrogen-bond donors (Lipinski definition) is 0. The molecule has 0 N–H and O–H groups in total. The van der Waals surface area contributed by atoms with Gasteiger partial charge in [0.05, 0.1) is 10.6 Å². The summed E-state index contributed by atoms with van der Waals surface area (Å²) in [5, 5.41) is 0. The van der Waals surface area contributed by atoms with Crippen molar-refractivity contribution in [3.63, 3.8) is 0 Å². The fourth-order valence-corrected chi connectivity index (χ4v) is 6.07. The van der Waals surface area contributed by atoms with E-state index < -0.39 is 10.0 Å². The fraction of sp³-hybridized carbons (Fsp3) is 0.409. The number of benzene rings is 2. The third kappa shape index (κ3) is 4.83. The van der Waals surface area contributed by atoms with Crippen molar-refractivity contribution in [1.82, 2.24) is 9.21 Å². The number of sulfonamides is 1. The van der Waals surface area contributed by atoms with Crippen LogP contribution in [-0.4, -0.2) is 68.7 Å². The van der Waals surface area contributed by atoms with Crippen molar-refractivity contribution < 1.29 is 22.7 Å². The van der Waals surface area contributed by atoms with Gasteiger partial charge in [-0.2, -0.15) is 4.31 Å². The lowest BCUT2D eigenvalue weighted by molar-refractivity contribution is -0.129. The van der Waals surface area contributed by atoms with Gasteiger partial charge in [-0.05, 0) is 37.6 Å². The van der Waals surface area contributed by atoms with Crippen molar-refractivity contribution in [2.45, 2.75) is 23.6 Å². The molecule has 7 nitrogen and oxygen atoms in total.